The van der Waals surface area contributed by atoms with Crippen LogP contribution in [0.1, 0.15) is 30.5 Å². The van der Waals surface area contributed by atoms with Crippen molar-refractivity contribution in [3.05, 3.63) is 81.3 Å². The third-order valence-corrected chi connectivity index (χ3v) is 6.40. The van der Waals surface area contributed by atoms with Gasteiger partial charge in [0.2, 0.25) is 11.8 Å². The van der Waals surface area contributed by atoms with E-state index in [-0.39, 0.29) is 0 Å². The SMILES string of the molecule is COc1cc(C2=NC(C)(c3ccc(Cl)cc3)C(C)(c3ccc(Cl)cc3)N2)c(OC)nn1. The molecule has 1 aromatic heterocycles. The third-order valence-electron chi connectivity index (χ3n) is 5.90. The second kappa shape index (κ2) is 8.02. The highest BCUT2D eigenvalue weighted by Crippen LogP contribution is 2.48. The summed E-state index contributed by atoms with van der Waals surface area (Å²) in [5.74, 6) is 1.35. The average Bonchev–Trinajstić information content (AvgIpc) is 3.06. The number of nitrogens with one attached hydrogen (secondary N) is 1. The van der Waals surface area contributed by atoms with Crippen molar-refractivity contribution in [1.82, 2.24) is 15.5 Å². The fourth-order valence-electron chi connectivity index (χ4n) is 3.90. The summed E-state index contributed by atoms with van der Waals surface area (Å²) in [6.45, 7) is 4.20. The number of aromatic nitrogens is 2. The molecule has 31 heavy (non-hydrogen) atoms. The predicted molar refractivity (Wildman–Crippen MR) is 122 cm³/mol. The molecule has 0 amide bonds. The Morgan fingerprint density at radius 2 is 1.39 bits per heavy atom. The Hall–Kier alpha value is -2.83. The van der Waals surface area contributed by atoms with Gasteiger partial charge in [0.25, 0.3) is 0 Å². The van der Waals surface area contributed by atoms with Crippen LogP contribution in [0.25, 0.3) is 0 Å². The van der Waals surface area contributed by atoms with Gasteiger partial charge in [0.05, 0.1) is 25.3 Å². The van der Waals surface area contributed by atoms with Gasteiger partial charge in [-0.25, -0.2) is 0 Å². The molecule has 6 nitrogen and oxygen atoms in total. The van der Waals surface area contributed by atoms with Crippen LogP contribution in [-0.2, 0) is 11.1 Å². The van der Waals surface area contributed by atoms with Gasteiger partial charge in [0.15, 0.2) is 0 Å². The normalized spacial score (nSPS) is 22.6. The largest absolute Gasteiger partial charge is 0.480 e. The van der Waals surface area contributed by atoms with Crippen molar-refractivity contribution in [2.45, 2.75) is 24.9 Å². The lowest BCUT2D eigenvalue weighted by molar-refractivity contribution is 0.268. The highest BCUT2D eigenvalue weighted by molar-refractivity contribution is 6.30. The van der Waals surface area contributed by atoms with Crippen LogP contribution in [0.15, 0.2) is 59.6 Å². The first-order valence-electron chi connectivity index (χ1n) is 9.67. The van der Waals surface area contributed by atoms with Crippen LogP contribution in [0.3, 0.4) is 0 Å². The van der Waals surface area contributed by atoms with Gasteiger partial charge in [-0.05, 0) is 49.2 Å². The van der Waals surface area contributed by atoms with Crippen LogP contribution in [0.4, 0.5) is 0 Å². The molecule has 0 bridgehead atoms. The Morgan fingerprint density at radius 1 is 0.806 bits per heavy atom. The summed E-state index contributed by atoms with van der Waals surface area (Å²) in [4.78, 5) is 5.15. The smallest absolute Gasteiger partial charge is 0.244 e. The summed E-state index contributed by atoms with van der Waals surface area (Å²) >= 11 is 12.3. The molecule has 1 aliphatic heterocycles. The van der Waals surface area contributed by atoms with E-state index in [4.69, 9.17) is 37.7 Å². The summed E-state index contributed by atoms with van der Waals surface area (Å²) in [7, 11) is 3.09. The van der Waals surface area contributed by atoms with E-state index in [9.17, 15) is 0 Å². The predicted octanol–water partition coefficient (Wildman–Crippen LogP) is 4.98. The molecule has 3 aromatic rings. The maximum Gasteiger partial charge on any atom is 0.244 e. The van der Waals surface area contributed by atoms with Crippen LogP contribution < -0.4 is 14.8 Å². The summed E-state index contributed by atoms with van der Waals surface area (Å²) < 4.78 is 10.7. The van der Waals surface area contributed by atoms with E-state index in [0.29, 0.717) is 33.2 Å². The van der Waals surface area contributed by atoms with Crippen LogP contribution in [0.2, 0.25) is 10.0 Å². The van der Waals surface area contributed by atoms with Crippen LogP contribution in [0, 0.1) is 0 Å². The number of rotatable bonds is 5. The summed E-state index contributed by atoms with van der Waals surface area (Å²) in [6.07, 6.45) is 0. The molecule has 0 saturated heterocycles. The molecule has 0 spiro atoms. The van der Waals surface area contributed by atoms with E-state index >= 15 is 0 Å². The number of halogens is 2. The maximum atomic E-state index is 6.16. The second-order valence-electron chi connectivity index (χ2n) is 7.61. The van der Waals surface area contributed by atoms with Crippen molar-refractivity contribution in [3.63, 3.8) is 0 Å². The molecule has 4 rings (SSSR count). The van der Waals surface area contributed by atoms with Crippen LogP contribution in [-0.4, -0.2) is 30.3 Å². The second-order valence-corrected chi connectivity index (χ2v) is 8.48. The Kier molecular flexibility index (Phi) is 5.54. The quantitative estimate of drug-likeness (QED) is 0.585. The minimum Gasteiger partial charge on any atom is -0.480 e. The lowest BCUT2D eigenvalue weighted by atomic mass is 9.72. The highest BCUT2D eigenvalue weighted by Gasteiger charge is 2.52. The van der Waals surface area contributed by atoms with E-state index in [0.717, 1.165) is 11.1 Å². The number of ether oxygens (including phenoxy) is 2. The monoisotopic (exact) mass is 456 g/mol. The van der Waals surface area contributed by atoms with Crippen LogP contribution in [0.5, 0.6) is 11.8 Å². The van der Waals surface area contributed by atoms with Crippen molar-refractivity contribution < 1.29 is 9.47 Å². The molecule has 2 heterocycles. The molecule has 2 atom stereocenters. The zero-order valence-electron chi connectivity index (χ0n) is 17.6. The van der Waals surface area contributed by atoms with Gasteiger partial charge < -0.3 is 14.8 Å². The number of amidine groups is 1. The molecule has 0 aliphatic carbocycles. The number of benzene rings is 2. The van der Waals surface area contributed by atoms with Crippen molar-refractivity contribution in [2.75, 3.05) is 14.2 Å². The standard InChI is InChI=1S/C23H22Cl2N4O2/c1-22(14-5-9-16(24)10-6-14)23(2,15-7-11-17(25)12-8-15)27-20(26-22)18-13-19(30-3)28-29-21(18)31-4/h5-13H,1-4H3,(H,26,27). The van der Waals surface area contributed by atoms with E-state index in [1.165, 1.54) is 0 Å². The molecule has 2 aromatic carbocycles. The zero-order valence-corrected chi connectivity index (χ0v) is 19.1. The average molecular weight is 457 g/mol. The molecular weight excluding hydrogens is 435 g/mol. The van der Waals surface area contributed by atoms with Crippen molar-refractivity contribution >= 4 is 29.0 Å². The van der Waals surface area contributed by atoms with E-state index in [2.05, 4.69) is 29.4 Å². The Morgan fingerprint density at radius 3 is 1.94 bits per heavy atom. The molecule has 0 saturated carbocycles. The van der Waals surface area contributed by atoms with Crippen molar-refractivity contribution in [1.29, 1.82) is 0 Å². The Balaban J connectivity index is 1.92. The Labute approximate surface area is 191 Å². The fraction of sp³-hybridized carbons (Fsp3) is 0.261. The first-order valence-corrected chi connectivity index (χ1v) is 10.4. The van der Waals surface area contributed by atoms with Crippen molar-refractivity contribution in [3.8, 4) is 11.8 Å². The zero-order chi connectivity index (χ0) is 22.2. The van der Waals surface area contributed by atoms with E-state index < -0.39 is 11.1 Å². The summed E-state index contributed by atoms with van der Waals surface area (Å²) in [5, 5.41) is 13.1. The maximum absolute atomic E-state index is 6.16. The molecule has 160 valence electrons. The molecule has 1 N–H and O–H groups in total. The molecule has 8 heteroatoms. The minimum absolute atomic E-state index is 0.353. The molecule has 2 unspecified atom stereocenters. The number of nitrogens with zero attached hydrogens (tertiary/aromatic N) is 3. The summed E-state index contributed by atoms with van der Waals surface area (Å²) in [5.41, 5.74) is 1.41. The van der Waals surface area contributed by atoms with Gasteiger partial charge in [-0.2, -0.15) is 0 Å². The highest BCUT2D eigenvalue weighted by atomic mass is 35.5. The number of methoxy groups -OCH3 is 2. The first kappa shape index (κ1) is 21.4. The minimum atomic E-state index is -0.678. The molecule has 0 fully saturated rings. The number of hydrogen-bond acceptors (Lipinski definition) is 6. The van der Waals surface area contributed by atoms with Gasteiger partial charge in [-0.3, -0.25) is 4.99 Å². The lowest BCUT2D eigenvalue weighted by Crippen LogP contribution is -2.50. The van der Waals surface area contributed by atoms with Gasteiger partial charge in [-0.1, -0.05) is 47.5 Å². The van der Waals surface area contributed by atoms with Crippen molar-refractivity contribution in [2.24, 2.45) is 4.99 Å². The molecule has 0 radical (unpaired) electrons. The van der Waals surface area contributed by atoms with Gasteiger partial charge in [0, 0.05) is 16.1 Å². The number of hydrogen-bond donors (Lipinski definition) is 1. The topological polar surface area (TPSA) is 68.6 Å². The Bertz CT molecular complexity index is 1140. The van der Waals surface area contributed by atoms with Crippen LogP contribution >= 0.6 is 23.2 Å². The molecular formula is C23H22Cl2N4O2. The van der Waals surface area contributed by atoms with E-state index in [1.807, 2.05) is 48.5 Å². The lowest BCUT2D eigenvalue weighted by Gasteiger charge is -2.40. The van der Waals surface area contributed by atoms with Gasteiger partial charge in [0.1, 0.15) is 11.4 Å². The number of aliphatic imine (C=N–C) groups is 1. The van der Waals surface area contributed by atoms with Gasteiger partial charge in [-0.15, -0.1) is 10.2 Å². The molecule has 1 aliphatic rings. The first-order chi connectivity index (χ1) is 14.8. The van der Waals surface area contributed by atoms with Gasteiger partial charge >= 0.3 is 0 Å². The summed E-state index contributed by atoms with van der Waals surface area (Å²) in [6, 6.07) is 17.2. The fourth-order valence-corrected chi connectivity index (χ4v) is 4.15. The van der Waals surface area contributed by atoms with E-state index in [1.54, 1.807) is 20.3 Å². The third kappa shape index (κ3) is 3.60.